The molecule has 4 amide bonds. The number of likely N-dealkylation sites (tertiary alicyclic amines) is 1. The van der Waals surface area contributed by atoms with Crippen LogP contribution in [0.25, 0.3) is 0 Å². The number of urea groups is 1. The number of carbonyl (C=O) groups is 3. The van der Waals surface area contributed by atoms with E-state index in [1.165, 1.54) is 4.90 Å². The van der Waals surface area contributed by atoms with Crippen LogP contribution in [0.5, 0.6) is 0 Å². The molecule has 27 heavy (non-hydrogen) atoms. The van der Waals surface area contributed by atoms with Crippen molar-refractivity contribution in [1.29, 1.82) is 0 Å². The van der Waals surface area contributed by atoms with Gasteiger partial charge in [0.2, 0.25) is 5.91 Å². The van der Waals surface area contributed by atoms with E-state index in [2.05, 4.69) is 5.32 Å². The molecule has 1 aromatic carbocycles. The number of hydrogen-bond donors (Lipinski definition) is 1. The van der Waals surface area contributed by atoms with Crippen LogP contribution in [-0.2, 0) is 16.1 Å². The maximum absolute atomic E-state index is 13.0. The standard InChI is InChI=1S/C21H27N3O3/c25-18-12-17(14-23(18)13-16-8-4-3-5-9-16)15-24-19(26)21(22-20(24)27)10-6-1-2-7-11-21/h3-5,8-9,17H,1-2,6-7,10-15H2,(H,22,27). The molecule has 0 radical (unpaired) electrons. The molecule has 6 nitrogen and oxygen atoms in total. The van der Waals surface area contributed by atoms with E-state index in [4.69, 9.17) is 0 Å². The summed E-state index contributed by atoms with van der Waals surface area (Å²) in [7, 11) is 0. The normalized spacial score (nSPS) is 25.2. The largest absolute Gasteiger partial charge is 0.338 e. The van der Waals surface area contributed by atoms with Gasteiger partial charge in [0.1, 0.15) is 5.54 Å². The van der Waals surface area contributed by atoms with Gasteiger partial charge >= 0.3 is 6.03 Å². The summed E-state index contributed by atoms with van der Waals surface area (Å²) in [6.07, 6.45) is 6.07. The van der Waals surface area contributed by atoms with Crippen LogP contribution >= 0.6 is 0 Å². The molecule has 2 saturated heterocycles. The van der Waals surface area contributed by atoms with Gasteiger partial charge in [-0.15, -0.1) is 0 Å². The number of nitrogens with zero attached hydrogens (tertiary/aromatic N) is 2. The highest BCUT2D eigenvalue weighted by Gasteiger charge is 2.51. The fourth-order valence-electron chi connectivity index (χ4n) is 4.70. The molecule has 1 N–H and O–H groups in total. The Labute approximate surface area is 159 Å². The Balaban J connectivity index is 1.40. The molecule has 6 heteroatoms. The number of nitrogens with one attached hydrogen (secondary N) is 1. The second kappa shape index (κ2) is 7.33. The minimum atomic E-state index is -0.695. The van der Waals surface area contributed by atoms with Crippen molar-refractivity contribution < 1.29 is 14.4 Å². The van der Waals surface area contributed by atoms with Crippen LogP contribution < -0.4 is 5.32 Å². The average Bonchev–Trinajstić information content (AvgIpc) is 2.98. The summed E-state index contributed by atoms with van der Waals surface area (Å²) >= 11 is 0. The highest BCUT2D eigenvalue weighted by molar-refractivity contribution is 6.07. The monoisotopic (exact) mass is 369 g/mol. The van der Waals surface area contributed by atoms with Crippen molar-refractivity contribution in [3.05, 3.63) is 35.9 Å². The van der Waals surface area contributed by atoms with Crippen LogP contribution in [0, 0.1) is 5.92 Å². The van der Waals surface area contributed by atoms with E-state index >= 15 is 0 Å². The number of imide groups is 1. The zero-order valence-corrected chi connectivity index (χ0v) is 15.7. The minimum absolute atomic E-state index is 0.0110. The highest BCUT2D eigenvalue weighted by atomic mass is 16.2. The third kappa shape index (κ3) is 3.57. The van der Waals surface area contributed by atoms with Crippen molar-refractivity contribution in [2.75, 3.05) is 13.1 Å². The number of hydrogen-bond acceptors (Lipinski definition) is 3. The molecule has 1 saturated carbocycles. The number of benzene rings is 1. The molecule has 1 aliphatic carbocycles. The lowest BCUT2D eigenvalue weighted by atomic mass is 9.90. The Morgan fingerprint density at radius 1 is 1.00 bits per heavy atom. The van der Waals surface area contributed by atoms with Crippen molar-refractivity contribution in [1.82, 2.24) is 15.1 Å². The van der Waals surface area contributed by atoms with E-state index in [9.17, 15) is 14.4 Å². The lowest BCUT2D eigenvalue weighted by molar-refractivity contribution is -0.132. The molecule has 3 fully saturated rings. The molecule has 1 atom stereocenters. The van der Waals surface area contributed by atoms with Crippen molar-refractivity contribution in [3.8, 4) is 0 Å². The van der Waals surface area contributed by atoms with Gasteiger partial charge in [-0.2, -0.15) is 0 Å². The number of carbonyl (C=O) groups excluding carboxylic acids is 3. The first-order valence-corrected chi connectivity index (χ1v) is 10.0. The fraction of sp³-hybridized carbons (Fsp3) is 0.571. The summed E-state index contributed by atoms with van der Waals surface area (Å²) in [4.78, 5) is 41.1. The zero-order chi connectivity index (χ0) is 18.9. The minimum Gasteiger partial charge on any atom is -0.338 e. The number of rotatable bonds is 4. The summed E-state index contributed by atoms with van der Waals surface area (Å²) < 4.78 is 0. The fourth-order valence-corrected chi connectivity index (χ4v) is 4.70. The highest BCUT2D eigenvalue weighted by Crippen LogP contribution is 2.33. The van der Waals surface area contributed by atoms with Crippen LogP contribution in [0.2, 0.25) is 0 Å². The molecule has 144 valence electrons. The van der Waals surface area contributed by atoms with Gasteiger partial charge in [-0.25, -0.2) is 4.79 Å². The van der Waals surface area contributed by atoms with Crippen LogP contribution in [0.4, 0.5) is 4.79 Å². The van der Waals surface area contributed by atoms with Crippen LogP contribution in [0.15, 0.2) is 30.3 Å². The van der Waals surface area contributed by atoms with E-state index in [-0.39, 0.29) is 23.8 Å². The second-order valence-electron chi connectivity index (χ2n) is 8.17. The van der Waals surface area contributed by atoms with E-state index in [1.807, 2.05) is 35.2 Å². The molecule has 2 heterocycles. The summed E-state index contributed by atoms with van der Waals surface area (Å²) in [5.74, 6) is 0.0280. The Morgan fingerprint density at radius 3 is 2.41 bits per heavy atom. The van der Waals surface area contributed by atoms with Gasteiger partial charge in [-0.05, 0) is 18.4 Å². The third-order valence-corrected chi connectivity index (χ3v) is 6.15. The molecule has 3 aliphatic rings. The molecular formula is C21H27N3O3. The van der Waals surface area contributed by atoms with Crippen LogP contribution in [-0.4, -0.2) is 46.3 Å². The van der Waals surface area contributed by atoms with Gasteiger partial charge in [-0.3, -0.25) is 14.5 Å². The average molecular weight is 369 g/mol. The molecule has 1 unspecified atom stereocenters. The summed E-state index contributed by atoms with van der Waals surface area (Å²) in [6.45, 7) is 1.52. The first-order chi connectivity index (χ1) is 13.1. The lowest BCUT2D eigenvalue weighted by Gasteiger charge is -2.25. The molecule has 2 aliphatic heterocycles. The Morgan fingerprint density at radius 2 is 1.70 bits per heavy atom. The van der Waals surface area contributed by atoms with Gasteiger partial charge in [-0.1, -0.05) is 56.0 Å². The summed E-state index contributed by atoms with van der Waals surface area (Å²) in [5, 5.41) is 2.98. The first kappa shape index (κ1) is 18.0. The van der Waals surface area contributed by atoms with Crippen molar-refractivity contribution in [2.45, 2.75) is 57.0 Å². The molecule has 1 aromatic rings. The third-order valence-electron chi connectivity index (χ3n) is 6.15. The van der Waals surface area contributed by atoms with Crippen LogP contribution in [0.1, 0.15) is 50.5 Å². The lowest BCUT2D eigenvalue weighted by Crippen LogP contribution is -2.46. The summed E-state index contributed by atoms with van der Waals surface area (Å²) in [6, 6.07) is 9.62. The Kier molecular flexibility index (Phi) is 4.89. The first-order valence-electron chi connectivity index (χ1n) is 10.0. The van der Waals surface area contributed by atoms with E-state index < -0.39 is 5.54 Å². The van der Waals surface area contributed by atoms with Crippen LogP contribution in [0.3, 0.4) is 0 Å². The van der Waals surface area contributed by atoms with Crippen molar-refractivity contribution >= 4 is 17.8 Å². The topological polar surface area (TPSA) is 69.7 Å². The Hall–Kier alpha value is -2.37. The quantitative estimate of drug-likeness (QED) is 0.830. The SMILES string of the molecule is O=C1CC(CN2C(=O)NC3(CCCCCC3)C2=O)CN1Cc1ccccc1. The van der Waals surface area contributed by atoms with Gasteiger partial charge in [0.05, 0.1) is 0 Å². The van der Waals surface area contributed by atoms with Gasteiger partial charge in [0, 0.05) is 32.0 Å². The molecule has 0 bridgehead atoms. The summed E-state index contributed by atoms with van der Waals surface area (Å²) in [5.41, 5.74) is 0.402. The molecule has 4 rings (SSSR count). The van der Waals surface area contributed by atoms with Crippen molar-refractivity contribution in [2.24, 2.45) is 5.92 Å². The zero-order valence-electron chi connectivity index (χ0n) is 15.7. The van der Waals surface area contributed by atoms with E-state index in [1.54, 1.807) is 0 Å². The molecular weight excluding hydrogens is 342 g/mol. The van der Waals surface area contributed by atoms with Crippen molar-refractivity contribution in [3.63, 3.8) is 0 Å². The van der Waals surface area contributed by atoms with Gasteiger partial charge in [0.15, 0.2) is 0 Å². The molecule has 1 spiro atoms. The molecule has 0 aromatic heterocycles. The maximum atomic E-state index is 13.0. The smallest absolute Gasteiger partial charge is 0.325 e. The predicted octanol–water partition coefficient (Wildman–Crippen LogP) is 2.68. The maximum Gasteiger partial charge on any atom is 0.325 e. The van der Waals surface area contributed by atoms with Gasteiger partial charge < -0.3 is 10.2 Å². The van der Waals surface area contributed by atoms with Gasteiger partial charge in [0.25, 0.3) is 5.91 Å². The Bertz CT molecular complexity index is 725. The van der Waals surface area contributed by atoms with E-state index in [0.717, 1.165) is 44.1 Å². The predicted molar refractivity (Wildman–Crippen MR) is 101 cm³/mol. The second-order valence-corrected chi connectivity index (χ2v) is 8.17. The van der Waals surface area contributed by atoms with E-state index in [0.29, 0.717) is 26.1 Å². The number of amides is 4.